The predicted octanol–water partition coefficient (Wildman–Crippen LogP) is 3.68. The topological polar surface area (TPSA) is 49.3 Å². The van der Waals surface area contributed by atoms with Crippen molar-refractivity contribution in [1.29, 1.82) is 0 Å². The summed E-state index contributed by atoms with van der Waals surface area (Å²) < 4.78 is 0. The molecule has 0 spiro atoms. The molecule has 2 rings (SSSR count). The first-order valence-corrected chi connectivity index (χ1v) is 9.10. The fraction of sp³-hybridized carbons (Fsp3) is 0.467. The van der Waals surface area contributed by atoms with Crippen molar-refractivity contribution in [3.63, 3.8) is 0 Å². The second-order valence-corrected chi connectivity index (χ2v) is 6.31. The molecule has 7 heteroatoms. The zero-order valence-corrected chi connectivity index (χ0v) is 16.9. The van der Waals surface area contributed by atoms with Gasteiger partial charge < -0.3 is 10.6 Å². The van der Waals surface area contributed by atoms with E-state index in [0.717, 1.165) is 44.1 Å². The Labute approximate surface area is 157 Å². The van der Waals surface area contributed by atoms with Gasteiger partial charge in [-0.05, 0) is 35.7 Å². The third-order valence-corrected chi connectivity index (χ3v) is 4.69. The summed E-state index contributed by atoms with van der Waals surface area (Å²) in [7, 11) is 0. The molecule has 2 heterocycles. The van der Waals surface area contributed by atoms with Gasteiger partial charge >= 0.3 is 0 Å². The monoisotopic (exact) mass is 450 g/mol. The summed E-state index contributed by atoms with van der Waals surface area (Å²) in [6, 6.07) is 2.11. The highest BCUT2D eigenvalue weighted by Crippen LogP contribution is 2.10. The van der Waals surface area contributed by atoms with E-state index in [4.69, 9.17) is 0 Å². The Morgan fingerprint density at radius 3 is 2.77 bits per heavy atom. The van der Waals surface area contributed by atoms with Crippen LogP contribution in [0.4, 0.5) is 0 Å². The van der Waals surface area contributed by atoms with E-state index in [1.807, 2.05) is 0 Å². The molecule has 2 N–H and O–H groups in total. The number of rotatable bonds is 7. The maximum atomic E-state index is 4.59. The van der Waals surface area contributed by atoms with Crippen LogP contribution in [-0.2, 0) is 19.4 Å². The Hall–Kier alpha value is -0.670. The molecule has 0 aliphatic carbocycles. The molecule has 0 fully saturated rings. The number of halogens is 1. The smallest absolute Gasteiger partial charge is 0.191 e. The highest BCUT2D eigenvalue weighted by molar-refractivity contribution is 14.0. The van der Waals surface area contributed by atoms with E-state index in [2.05, 4.69) is 56.7 Å². The number of aromatic nitrogens is 1. The Bertz CT molecular complexity index is 552. The van der Waals surface area contributed by atoms with Gasteiger partial charge in [0.1, 0.15) is 0 Å². The van der Waals surface area contributed by atoms with Crippen molar-refractivity contribution < 1.29 is 0 Å². The summed E-state index contributed by atoms with van der Waals surface area (Å²) in [5, 5.41) is 14.2. The first-order valence-electron chi connectivity index (χ1n) is 7.28. The first kappa shape index (κ1) is 19.4. The van der Waals surface area contributed by atoms with Gasteiger partial charge in [-0.3, -0.25) is 0 Å². The third-order valence-electron chi connectivity index (χ3n) is 2.92. The van der Waals surface area contributed by atoms with Crippen LogP contribution in [0.25, 0.3) is 0 Å². The summed E-state index contributed by atoms with van der Waals surface area (Å²) in [5.74, 6) is 0.870. The lowest BCUT2D eigenvalue weighted by atomic mass is 10.3. The quantitative estimate of drug-likeness (QED) is 0.385. The molecule has 2 aromatic heterocycles. The van der Waals surface area contributed by atoms with Crippen LogP contribution < -0.4 is 10.6 Å². The van der Waals surface area contributed by atoms with E-state index in [9.17, 15) is 0 Å². The number of hydrogen-bond donors (Lipinski definition) is 2. The fourth-order valence-electron chi connectivity index (χ4n) is 1.83. The van der Waals surface area contributed by atoms with Crippen LogP contribution >= 0.6 is 46.7 Å². The number of thiazole rings is 1. The van der Waals surface area contributed by atoms with Crippen molar-refractivity contribution in [2.45, 2.75) is 33.2 Å². The number of hydrogen-bond acceptors (Lipinski definition) is 4. The minimum absolute atomic E-state index is 0. The standard InChI is InChI=1S/C15H22N4S2.HI/c1-3-14-19-13(11-21-14)5-7-17-15(16-4-2)18-9-12-6-8-20-10-12;/h6,8,10-11H,3-5,7,9H2,1-2H3,(H2,16,17,18);1H. The van der Waals surface area contributed by atoms with Crippen LogP contribution in [0.5, 0.6) is 0 Å². The van der Waals surface area contributed by atoms with Crippen LogP contribution in [0, 0.1) is 0 Å². The number of aryl methyl sites for hydroxylation is 1. The number of nitrogens with one attached hydrogen (secondary N) is 2. The zero-order valence-electron chi connectivity index (χ0n) is 13.0. The van der Waals surface area contributed by atoms with Crippen molar-refractivity contribution >= 4 is 52.6 Å². The average Bonchev–Trinajstić information content (AvgIpc) is 3.16. The van der Waals surface area contributed by atoms with E-state index >= 15 is 0 Å². The molecule has 0 radical (unpaired) electrons. The SMILES string of the molecule is CCNC(=NCc1ccsc1)NCCc1csc(CC)n1.I. The minimum Gasteiger partial charge on any atom is -0.357 e. The summed E-state index contributed by atoms with van der Waals surface area (Å²) in [6.45, 7) is 6.65. The van der Waals surface area contributed by atoms with Gasteiger partial charge in [0, 0.05) is 24.9 Å². The first-order chi connectivity index (χ1) is 10.3. The van der Waals surface area contributed by atoms with E-state index in [1.54, 1.807) is 22.7 Å². The predicted molar refractivity (Wildman–Crippen MR) is 108 cm³/mol. The molecular weight excluding hydrogens is 427 g/mol. The summed E-state index contributed by atoms with van der Waals surface area (Å²) in [4.78, 5) is 9.17. The van der Waals surface area contributed by atoms with E-state index < -0.39 is 0 Å². The van der Waals surface area contributed by atoms with Crippen LogP contribution in [0.1, 0.15) is 30.1 Å². The summed E-state index contributed by atoms with van der Waals surface area (Å²) in [6.07, 6.45) is 1.95. The maximum Gasteiger partial charge on any atom is 0.191 e. The van der Waals surface area contributed by atoms with Gasteiger partial charge in [-0.2, -0.15) is 11.3 Å². The molecule has 22 heavy (non-hydrogen) atoms. The molecule has 4 nitrogen and oxygen atoms in total. The molecule has 2 aromatic rings. The number of guanidine groups is 1. The molecule has 0 saturated carbocycles. The van der Waals surface area contributed by atoms with Gasteiger partial charge in [-0.25, -0.2) is 9.98 Å². The van der Waals surface area contributed by atoms with Crippen LogP contribution in [0.2, 0.25) is 0 Å². The van der Waals surface area contributed by atoms with Crippen LogP contribution in [0.3, 0.4) is 0 Å². The summed E-state index contributed by atoms with van der Waals surface area (Å²) >= 11 is 3.45. The molecule has 0 atom stereocenters. The van der Waals surface area contributed by atoms with Crippen molar-refractivity contribution in [1.82, 2.24) is 15.6 Å². The van der Waals surface area contributed by atoms with Gasteiger partial charge in [0.2, 0.25) is 0 Å². The molecule has 0 bridgehead atoms. The lowest BCUT2D eigenvalue weighted by Gasteiger charge is -2.10. The number of aliphatic imine (C=N–C) groups is 1. The van der Waals surface area contributed by atoms with Crippen molar-refractivity contribution in [2.24, 2.45) is 4.99 Å². The van der Waals surface area contributed by atoms with E-state index in [1.165, 1.54) is 10.6 Å². The van der Waals surface area contributed by atoms with Crippen molar-refractivity contribution in [3.8, 4) is 0 Å². The van der Waals surface area contributed by atoms with Gasteiger partial charge in [0.15, 0.2) is 5.96 Å². The maximum absolute atomic E-state index is 4.59. The average molecular weight is 450 g/mol. The molecule has 0 aliphatic heterocycles. The van der Waals surface area contributed by atoms with Crippen LogP contribution in [0.15, 0.2) is 27.2 Å². The van der Waals surface area contributed by atoms with Crippen molar-refractivity contribution in [3.05, 3.63) is 38.5 Å². The minimum atomic E-state index is 0. The Morgan fingerprint density at radius 2 is 2.14 bits per heavy atom. The number of nitrogens with zero attached hydrogens (tertiary/aromatic N) is 2. The molecule has 0 saturated heterocycles. The normalized spacial score (nSPS) is 11.1. The molecular formula is C15H23IN4S2. The highest BCUT2D eigenvalue weighted by Gasteiger charge is 2.02. The summed E-state index contributed by atoms with van der Waals surface area (Å²) in [5.41, 5.74) is 2.42. The second-order valence-electron chi connectivity index (χ2n) is 4.59. The van der Waals surface area contributed by atoms with Crippen LogP contribution in [-0.4, -0.2) is 24.0 Å². The Balaban J connectivity index is 0.00000242. The molecule has 122 valence electrons. The lowest BCUT2D eigenvalue weighted by molar-refractivity contribution is 0.789. The van der Waals surface area contributed by atoms with Gasteiger partial charge in [-0.1, -0.05) is 6.92 Å². The van der Waals surface area contributed by atoms with Gasteiger partial charge in [0.25, 0.3) is 0 Å². The molecule has 0 unspecified atom stereocenters. The molecule has 0 aliphatic rings. The lowest BCUT2D eigenvalue weighted by Crippen LogP contribution is -2.38. The number of thiophene rings is 1. The zero-order chi connectivity index (χ0) is 14.9. The largest absolute Gasteiger partial charge is 0.357 e. The molecule has 0 aromatic carbocycles. The second kappa shape index (κ2) is 11.0. The Kier molecular flexibility index (Phi) is 9.65. The van der Waals surface area contributed by atoms with Gasteiger partial charge in [0.05, 0.1) is 17.2 Å². The third kappa shape index (κ3) is 6.62. The Morgan fingerprint density at radius 1 is 1.27 bits per heavy atom. The van der Waals surface area contributed by atoms with E-state index in [-0.39, 0.29) is 24.0 Å². The van der Waals surface area contributed by atoms with Gasteiger partial charge in [-0.15, -0.1) is 35.3 Å². The fourth-order valence-corrected chi connectivity index (χ4v) is 3.27. The molecule has 0 amide bonds. The van der Waals surface area contributed by atoms with Crippen molar-refractivity contribution in [2.75, 3.05) is 13.1 Å². The highest BCUT2D eigenvalue weighted by atomic mass is 127. The van der Waals surface area contributed by atoms with E-state index in [0.29, 0.717) is 0 Å².